The molecule has 0 saturated carbocycles. The van der Waals surface area contributed by atoms with Gasteiger partial charge in [0.1, 0.15) is 5.75 Å². The van der Waals surface area contributed by atoms with E-state index in [-0.39, 0.29) is 17.6 Å². The lowest BCUT2D eigenvalue weighted by Gasteiger charge is -2.27. The smallest absolute Gasteiger partial charge is 0.254 e. The van der Waals surface area contributed by atoms with Crippen molar-refractivity contribution in [2.24, 2.45) is 0 Å². The summed E-state index contributed by atoms with van der Waals surface area (Å²) in [4.78, 5) is 35.1. The first kappa shape index (κ1) is 25.8. The molecular formula is C31H32N6O3. The van der Waals surface area contributed by atoms with E-state index in [1.165, 1.54) is 6.42 Å². The minimum atomic E-state index is -0.0643. The normalized spacial score (nSPS) is 16.1. The van der Waals surface area contributed by atoms with Crippen LogP contribution in [0.4, 0.5) is 0 Å². The third kappa shape index (κ3) is 5.33. The maximum absolute atomic E-state index is 13.7. The van der Waals surface area contributed by atoms with Crippen LogP contribution in [0, 0.1) is 0 Å². The Kier molecular flexibility index (Phi) is 7.29. The lowest BCUT2D eigenvalue weighted by Crippen LogP contribution is -2.46. The number of aromatic nitrogens is 3. The van der Waals surface area contributed by atoms with Crippen LogP contribution in [-0.2, 0) is 0 Å². The van der Waals surface area contributed by atoms with E-state index in [2.05, 4.69) is 15.5 Å². The first-order valence-electron chi connectivity index (χ1n) is 13.8. The highest BCUT2D eigenvalue weighted by molar-refractivity contribution is 6.09. The van der Waals surface area contributed by atoms with E-state index >= 15 is 0 Å². The third-order valence-electron chi connectivity index (χ3n) is 7.59. The highest BCUT2D eigenvalue weighted by atomic mass is 16.3. The number of piperazine rings is 1. The molecule has 2 aromatic carbocycles. The Morgan fingerprint density at radius 1 is 0.825 bits per heavy atom. The maximum Gasteiger partial charge on any atom is 0.254 e. The largest absolute Gasteiger partial charge is 0.508 e. The van der Waals surface area contributed by atoms with Gasteiger partial charge in [-0.3, -0.25) is 14.7 Å². The van der Waals surface area contributed by atoms with Crippen LogP contribution in [0.3, 0.4) is 0 Å². The van der Waals surface area contributed by atoms with Crippen LogP contribution in [0.2, 0.25) is 0 Å². The van der Waals surface area contributed by atoms with Gasteiger partial charge in [-0.15, -0.1) is 0 Å². The van der Waals surface area contributed by atoms with Crippen LogP contribution in [0.5, 0.6) is 5.75 Å². The number of phenolic OH excluding ortho intramolecular Hbond substituents is 1. The molecule has 204 valence electrons. The average molecular weight is 537 g/mol. The predicted molar refractivity (Wildman–Crippen MR) is 155 cm³/mol. The second kappa shape index (κ2) is 11.3. The fourth-order valence-electron chi connectivity index (χ4n) is 5.35. The van der Waals surface area contributed by atoms with Gasteiger partial charge in [0.15, 0.2) is 5.65 Å². The standard InChI is InChI=1S/C31H32N6O3/c38-24-11-9-22(10-12-24)27-20-25(31(40)37-18-14-32-15-19-37)28-26(34-35-29(28)33-27)13-6-21-4-7-23(8-5-21)30(39)36-16-2-1-3-17-36/h4-13,20,32,38H,1-3,14-19H2,(H,33,34,35)/b13-6+. The number of aromatic hydroxyl groups is 1. The number of carbonyl (C=O) groups excluding carboxylic acids is 2. The van der Waals surface area contributed by atoms with E-state index in [1.807, 2.05) is 52.3 Å². The number of aromatic amines is 1. The number of nitrogens with one attached hydrogen (secondary N) is 2. The van der Waals surface area contributed by atoms with Gasteiger partial charge in [0.2, 0.25) is 0 Å². The maximum atomic E-state index is 13.7. The van der Waals surface area contributed by atoms with E-state index in [0.29, 0.717) is 46.6 Å². The summed E-state index contributed by atoms with van der Waals surface area (Å²) < 4.78 is 0. The van der Waals surface area contributed by atoms with Crippen LogP contribution in [0.25, 0.3) is 34.4 Å². The zero-order valence-electron chi connectivity index (χ0n) is 22.3. The molecule has 0 aliphatic carbocycles. The number of nitrogens with zero attached hydrogens (tertiary/aromatic N) is 4. The van der Waals surface area contributed by atoms with Crippen molar-refractivity contribution in [3.05, 3.63) is 77.0 Å². The van der Waals surface area contributed by atoms with Crippen LogP contribution < -0.4 is 5.32 Å². The molecule has 9 nitrogen and oxygen atoms in total. The SMILES string of the molecule is O=C(c1ccc(/C=C/c2n[nH]c3nc(-c4ccc(O)cc4)cc(C(=O)N4CCNCC4)c23)cc1)N1CCCCC1. The Labute approximate surface area is 232 Å². The van der Waals surface area contributed by atoms with E-state index in [9.17, 15) is 14.7 Å². The number of likely N-dealkylation sites (tertiary alicyclic amines) is 1. The van der Waals surface area contributed by atoms with Crippen molar-refractivity contribution < 1.29 is 14.7 Å². The summed E-state index contributed by atoms with van der Waals surface area (Å²) in [7, 11) is 0. The first-order chi connectivity index (χ1) is 19.6. The van der Waals surface area contributed by atoms with Crippen molar-refractivity contribution in [1.82, 2.24) is 30.3 Å². The Balaban J connectivity index is 1.32. The molecule has 2 fully saturated rings. The molecule has 2 aliphatic heterocycles. The molecule has 6 rings (SSSR count). The molecule has 4 heterocycles. The van der Waals surface area contributed by atoms with Crippen molar-refractivity contribution in [3.8, 4) is 17.0 Å². The average Bonchev–Trinajstić information content (AvgIpc) is 3.43. The Bertz CT molecular complexity index is 1550. The first-order valence-corrected chi connectivity index (χ1v) is 13.8. The molecule has 9 heteroatoms. The molecule has 2 aromatic heterocycles. The zero-order valence-corrected chi connectivity index (χ0v) is 22.3. The molecule has 0 bridgehead atoms. The molecule has 3 N–H and O–H groups in total. The number of amides is 2. The molecule has 2 saturated heterocycles. The molecule has 0 spiro atoms. The number of hydrogen-bond donors (Lipinski definition) is 3. The Morgan fingerprint density at radius 3 is 2.25 bits per heavy atom. The summed E-state index contributed by atoms with van der Waals surface area (Å²) in [5.41, 5.74) is 4.71. The van der Waals surface area contributed by atoms with Crippen molar-refractivity contribution in [2.75, 3.05) is 39.3 Å². The van der Waals surface area contributed by atoms with Gasteiger partial charge in [0, 0.05) is 50.4 Å². The van der Waals surface area contributed by atoms with Gasteiger partial charge in [0.05, 0.1) is 22.3 Å². The van der Waals surface area contributed by atoms with Gasteiger partial charge in [-0.2, -0.15) is 5.10 Å². The Morgan fingerprint density at radius 2 is 1.52 bits per heavy atom. The van der Waals surface area contributed by atoms with Crippen molar-refractivity contribution in [3.63, 3.8) is 0 Å². The number of fused-ring (bicyclic) bond motifs is 1. The summed E-state index contributed by atoms with van der Waals surface area (Å²) in [6, 6.07) is 16.2. The molecule has 2 amide bonds. The number of piperidine rings is 1. The second-order valence-corrected chi connectivity index (χ2v) is 10.3. The van der Waals surface area contributed by atoms with Gasteiger partial charge < -0.3 is 20.2 Å². The number of pyridine rings is 1. The molecule has 0 atom stereocenters. The van der Waals surface area contributed by atoms with Gasteiger partial charge >= 0.3 is 0 Å². The molecular weight excluding hydrogens is 504 g/mol. The molecule has 2 aliphatic rings. The van der Waals surface area contributed by atoms with Gasteiger partial charge in [0.25, 0.3) is 11.8 Å². The molecule has 40 heavy (non-hydrogen) atoms. The van der Waals surface area contributed by atoms with Crippen molar-refractivity contribution in [1.29, 1.82) is 0 Å². The zero-order chi connectivity index (χ0) is 27.5. The van der Waals surface area contributed by atoms with Crippen LogP contribution in [-0.4, -0.2) is 81.2 Å². The van der Waals surface area contributed by atoms with Gasteiger partial charge in [-0.1, -0.05) is 18.2 Å². The lowest BCUT2D eigenvalue weighted by atomic mass is 10.0. The van der Waals surface area contributed by atoms with Gasteiger partial charge in [-0.25, -0.2) is 4.98 Å². The van der Waals surface area contributed by atoms with Crippen molar-refractivity contribution in [2.45, 2.75) is 19.3 Å². The number of carbonyl (C=O) groups is 2. The molecule has 0 unspecified atom stereocenters. The molecule has 4 aromatic rings. The summed E-state index contributed by atoms with van der Waals surface area (Å²) in [5.74, 6) is 0.186. The topological polar surface area (TPSA) is 114 Å². The summed E-state index contributed by atoms with van der Waals surface area (Å²) in [6.45, 7) is 4.40. The predicted octanol–water partition coefficient (Wildman–Crippen LogP) is 4.17. The third-order valence-corrected chi connectivity index (χ3v) is 7.59. The highest BCUT2D eigenvalue weighted by Gasteiger charge is 2.24. The van der Waals surface area contributed by atoms with Gasteiger partial charge in [-0.05, 0) is 73.4 Å². The molecule has 0 radical (unpaired) electrons. The fourth-order valence-corrected chi connectivity index (χ4v) is 5.35. The Hall–Kier alpha value is -4.50. The summed E-state index contributed by atoms with van der Waals surface area (Å²) in [6.07, 6.45) is 7.11. The van der Waals surface area contributed by atoms with Crippen LogP contribution in [0.1, 0.15) is 51.2 Å². The second-order valence-electron chi connectivity index (χ2n) is 10.3. The lowest BCUT2D eigenvalue weighted by molar-refractivity contribution is 0.0721. The van der Waals surface area contributed by atoms with E-state index in [0.717, 1.165) is 50.1 Å². The number of phenols is 1. The quantitative estimate of drug-likeness (QED) is 0.353. The van der Waals surface area contributed by atoms with Crippen molar-refractivity contribution >= 4 is 35.0 Å². The van der Waals surface area contributed by atoms with E-state index in [1.54, 1.807) is 24.3 Å². The minimum Gasteiger partial charge on any atom is -0.508 e. The summed E-state index contributed by atoms with van der Waals surface area (Å²) in [5, 5.41) is 21.2. The van der Waals surface area contributed by atoms with Crippen LogP contribution >= 0.6 is 0 Å². The van der Waals surface area contributed by atoms with Crippen LogP contribution in [0.15, 0.2) is 54.6 Å². The monoisotopic (exact) mass is 536 g/mol. The van der Waals surface area contributed by atoms with E-state index in [4.69, 9.17) is 4.98 Å². The number of hydrogen-bond acceptors (Lipinski definition) is 6. The number of H-pyrrole nitrogens is 1. The van der Waals surface area contributed by atoms with E-state index < -0.39 is 0 Å². The number of benzene rings is 2. The summed E-state index contributed by atoms with van der Waals surface area (Å²) >= 11 is 0. The fraction of sp³-hybridized carbons (Fsp3) is 0.290. The minimum absolute atomic E-state index is 0.0643. The number of rotatable bonds is 5. The highest BCUT2D eigenvalue weighted by Crippen LogP contribution is 2.29.